The number of rotatable bonds is 1. The number of aromatic hydroxyl groups is 1. The molecule has 0 saturated heterocycles. The summed E-state index contributed by atoms with van der Waals surface area (Å²) in [7, 11) is 0. The fraction of sp³-hybridized carbons (Fsp3) is 0.316. The van der Waals surface area contributed by atoms with Gasteiger partial charge < -0.3 is 31.9 Å². The number of carbonyl (C=O) groups excluding carboxylic acids is 3. The maximum Gasteiger partial charge on any atom is 0.255 e. The lowest BCUT2D eigenvalue weighted by atomic mass is 9.59. The molecule has 0 spiro atoms. The summed E-state index contributed by atoms with van der Waals surface area (Å²) in [5, 5.41) is 42.7. The minimum Gasteiger partial charge on any atom is -0.508 e. The normalized spacial score (nSPS) is 28.8. The Balaban J connectivity index is 1.95. The van der Waals surface area contributed by atoms with Crippen LogP contribution in [0, 0.1) is 11.8 Å². The smallest absolute Gasteiger partial charge is 0.255 e. The van der Waals surface area contributed by atoms with Crippen molar-refractivity contribution in [3.8, 4) is 5.75 Å². The molecule has 3 atom stereocenters. The van der Waals surface area contributed by atoms with Crippen LogP contribution >= 0.6 is 11.6 Å². The first-order valence-electron chi connectivity index (χ1n) is 8.77. The largest absolute Gasteiger partial charge is 0.508 e. The summed E-state index contributed by atoms with van der Waals surface area (Å²) >= 11 is 6.00. The molecule has 0 aliphatic heterocycles. The molecule has 0 aromatic heterocycles. The van der Waals surface area contributed by atoms with E-state index in [9.17, 15) is 34.8 Å². The number of phenols is 1. The zero-order chi connectivity index (χ0) is 21.4. The summed E-state index contributed by atoms with van der Waals surface area (Å²) in [4.78, 5) is 37.0. The van der Waals surface area contributed by atoms with Gasteiger partial charge in [0.2, 0.25) is 5.78 Å². The molecule has 1 fully saturated rings. The minimum absolute atomic E-state index is 0.0612. The van der Waals surface area contributed by atoms with Gasteiger partial charge in [0.15, 0.2) is 17.1 Å². The van der Waals surface area contributed by atoms with Gasteiger partial charge in [0.1, 0.15) is 17.1 Å². The van der Waals surface area contributed by atoms with E-state index < -0.39 is 57.8 Å². The monoisotopic (exact) mass is 420 g/mol. The lowest BCUT2D eigenvalue weighted by molar-refractivity contribution is -0.147. The van der Waals surface area contributed by atoms with E-state index in [1.807, 2.05) is 0 Å². The number of Topliss-reactive ketones (excluding diaryl/α,β-unsaturated/α-hetero) is 2. The van der Waals surface area contributed by atoms with Crippen LogP contribution < -0.4 is 11.5 Å². The Kier molecular flexibility index (Phi) is 3.97. The zero-order valence-corrected chi connectivity index (χ0v) is 15.7. The lowest BCUT2D eigenvalue weighted by Crippen LogP contribution is -2.58. The van der Waals surface area contributed by atoms with Crippen LogP contribution in [-0.4, -0.2) is 43.5 Å². The number of ketones is 2. The number of benzene rings is 1. The molecule has 3 aliphatic rings. The standard InChI is InChI=1S/C19H17ClN2O7/c20-8-3-6-1-5-2-7-4-9(23)12(18(22)28)17(27)19(7,29)16(26)11(5)14(24)10(6)15(25)13(8)21/h3,5,7,24-25,27,29H,1-2,4,21H2,(H2,22,28)/t5-,7-,19-/m0/s1. The second-order valence-electron chi connectivity index (χ2n) is 7.56. The van der Waals surface area contributed by atoms with Crippen molar-refractivity contribution >= 4 is 40.5 Å². The van der Waals surface area contributed by atoms with E-state index in [0.29, 0.717) is 5.56 Å². The van der Waals surface area contributed by atoms with Crippen LogP contribution in [0.2, 0.25) is 5.02 Å². The molecule has 1 amide bonds. The third-order valence-corrected chi connectivity index (χ3v) is 6.36. The number of aliphatic hydroxyl groups is 3. The van der Waals surface area contributed by atoms with Gasteiger partial charge in [-0.25, -0.2) is 0 Å². The molecular weight excluding hydrogens is 404 g/mol. The van der Waals surface area contributed by atoms with Gasteiger partial charge in [-0.15, -0.1) is 0 Å². The van der Waals surface area contributed by atoms with E-state index in [0.717, 1.165) is 0 Å². The average Bonchev–Trinajstić information content (AvgIpc) is 2.62. The first-order valence-corrected chi connectivity index (χ1v) is 9.15. The molecule has 1 aromatic carbocycles. The Hall–Kier alpha value is -3.04. The number of halogens is 1. The number of carbonyl (C=O) groups is 3. The highest BCUT2D eigenvalue weighted by atomic mass is 35.5. The number of fused-ring (bicyclic) bond motifs is 3. The highest BCUT2D eigenvalue weighted by Crippen LogP contribution is 2.53. The number of hydrogen-bond donors (Lipinski definition) is 6. The molecule has 152 valence electrons. The third kappa shape index (κ3) is 2.34. The SMILES string of the molecule is NC(=O)C1=C(O)[C@@]2(O)C(=O)C3=C(O)c4c(cc(Cl)c(N)c4O)C[C@H]3C[C@H]2CC1=O. The molecule has 8 N–H and O–H groups in total. The van der Waals surface area contributed by atoms with Crippen molar-refractivity contribution in [2.75, 3.05) is 5.73 Å². The summed E-state index contributed by atoms with van der Waals surface area (Å²) in [5.74, 6) is -6.91. The summed E-state index contributed by atoms with van der Waals surface area (Å²) < 4.78 is 0. The molecule has 0 bridgehead atoms. The van der Waals surface area contributed by atoms with Gasteiger partial charge in [-0.05, 0) is 30.4 Å². The topological polar surface area (TPSA) is 184 Å². The van der Waals surface area contributed by atoms with Crippen molar-refractivity contribution < 1.29 is 34.8 Å². The van der Waals surface area contributed by atoms with E-state index in [1.165, 1.54) is 6.07 Å². The number of aliphatic hydroxyl groups excluding tert-OH is 2. The number of phenolic OH excluding ortho intramolecular Hbond substituents is 1. The van der Waals surface area contributed by atoms with Crippen molar-refractivity contribution in [1.82, 2.24) is 0 Å². The third-order valence-electron chi connectivity index (χ3n) is 6.04. The lowest BCUT2D eigenvalue weighted by Gasteiger charge is -2.46. The fourth-order valence-corrected chi connectivity index (χ4v) is 4.88. The Morgan fingerprint density at radius 2 is 1.86 bits per heavy atom. The van der Waals surface area contributed by atoms with Gasteiger partial charge >= 0.3 is 0 Å². The maximum atomic E-state index is 13.2. The number of hydrogen-bond acceptors (Lipinski definition) is 8. The molecule has 29 heavy (non-hydrogen) atoms. The number of nitrogens with two attached hydrogens (primary N) is 2. The molecule has 3 aliphatic carbocycles. The fourth-order valence-electron chi connectivity index (χ4n) is 4.66. The number of nitrogen functional groups attached to an aromatic ring is 1. The Bertz CT molecular complexity index is 1090. The quantitative estimate of drug-likeness (QED) is 0.217. The summed E-state index contributed by atoms with van der Waals surface area (Å²) in [6.07, 6.45) is -0.122. The van der Waals surface area contributed by atoms with Gasteiger partial charge in [0.05, 0.1) is 16.3 Å². The summed E-state index contributed by atoms with van der Waals surface area (Å²) in [5.41, 5.74) is 7.38. The van der Waals surface area contributed by atoms with E-state index in [4.69, 9.17) is 23.1 Å². The van der Waals surface area contributed by atoms with Gasteiger partial charge in [-0.2, -0.15) is 0 Å². The zero-order valence-electron chi connectivity index (χ0n) is 14.9. The minimum atomic E-state index is -2.58. The van der Waals surface area contributed by atoms with E-state index in [2.05, 4.69) is 0 Å². The molecule has 1 saturated carbocycles. The molecular formula is C19H17ClN2O7. The Morgan fingerprint density at radius 1 is 1.21 bits per heavy atom. The van der Waals surface area contributed by atoms with Crippen LogP contribution in [0.25, 0.3) is 5.76 Å². The van der Waals surface area contributed by atoms with Crippen LogP contribution in [0.15, 0.2) is 23.0 Å². The molecule has 0 heterocycles. The molecule has 0 unspecified atom stereocenters. The second kappa shape index (κ2) is 5.98. The first kappa shape index (κ1) is 19.3. The van der Waals surface area contributed by atoms with E-state index >= 15 is 0 Å². The maximum absolute atomic E-state index is 13.2. The average molecular weight is 421 g/mol. The van der Waals surface area contributed by atoms with Crippen LogP contribution in [-0.2, 0) is 20.8 Å². The first-order chi connectivity index (χ1) is 13.5. The number of anilines is 1. The van der Waals surface area contributed by atoms with Crippen molar-refractivity contribution in [3.05, 3.63) is 39.1 Å². The molecule has 4 rings (SSSR count). The molecule has 9 nitrogen and oxygen atoms in total. The van der Waals surface area contributed by atoms with Crippen LogP contribution in [0.5, 0.6) is 5.75 Å². The van der Waals surface area contributed by atoms with Gasteiger partial charge in [0, 0.05) is 17.9 Å². The van der Waals surface area contributed by atoms with Gasteiger partial charge in [-0.3, -0.25) is 14.4 Å². The van der Waals surface area contributed by atoms with Crippen molar-refractivity contribution in [2.24, 2.45) is 17.6 Å². The predicted octanol–water partition coefficient (Wildman–Crippen LogP) is 0.659. The van der Waals surface area contributed by atoms with E-state index in [-0.39, 0.29) is 41.1 Å². The summed E-state index contributed by atoms with van der Waals surface area (Å²) in [6.45, 7) is 0. The van der Waals surface area contributed by atoms with Crippen molar-refractivity contribution in [2.45, 2.75) is 24.9 Å². The van der Waals surface area contributed by atoms with Crippen molar-refractivity contribution in [3.63, 3.8) is 0 Å². The molecule has 1 aromatic rings. The molecule has 0 radical (unpaired) electrons. The highest BCUT2D eigenvalue weighted by Gasteiger charge is 2.60. The second-order valence-corrected chi connectivity index (χ2v) is 7.97. The summed E-state index contributed by atoms with van der Waals surface area (Å²) in [6, 6.07) is 1.47. The number of amides is 1. The predicted molar refractivity (Wildman–Crippen MR) is 101 cm³/mol. The van der Waals surface area contributed by atoms with Crippen molar-refractivity contribution in [1.29, 1.82) is 0 Å². The van der Waals surface area contributed by atoms with Crippen LogP contribution in [0.4, 0.5) is 5.69 Å². The Morgan fingerprint density at radius 3 is 2.48 bits per heavy atom. The van der Waals surface area contributed by atoms with Crippen LogP contribution in [0.3, 0.4) is 0 Å². The Labute approximate surface area is 168 Å². The highest BCUT2D eigenvalue weighted by molar-refractivity contribution is 6.33. The van der Waals surface area contributed by atoms with E-state index in [1.54, 1.807) is 0 Å². The number of primary amides is 1. The van der Waals surface area contributed by atoms with Gasteiger partial charge in [0.25, 0.3) is 5.91 Å². The molecule has 10 heteroatoms. The van der Waals surface area contributed by atoms with Gasteiger partial charge in [-0.1, -0.05) is 11.6 Å². The van der Waals surface area contributed by atoms with Crippen LogP contribution in [0.1, 0.15) is 24.0 Å².